The SMILES string of the molecule is COc1ncc(C#CCC(N)=O)cc1Cl. The standard InChI is InChI=1S/C10H9ClN2O2/c1-15-10-8(11)5-7(6-13-10)3-2-4-9(12)14/h5-6H,4H2,1H3,(H2,12,14). The van der Waals surface area contributed by atoms with Crippen LogP contribution in [-0.4, -0.2) is 18.0 Å². The van der Waals surface area contributed by atoms with E-state index in [4.69, 9.17) is 22.1 Å². The maximum absolute atomic E-state index is 10.4. The summed E-state index contributed by atoms with van der Waals surface area (Å²) in [6, 6.07) is 1.61. The zero-order valence-corrected chi connectivity index (χ0v) is 8.84. The van der Waals surface area contributed by atoms with Gasteiger partial charge in [0.25, 0.3) is 0 Å². The van der Waals surface area contributed by atoms with Crippen molar-refractivity contribution in [3.8, 4) is 17.7 Å². The molecule has 1 amide bonds. The number of pyridine rings is 1. The second-order valence-corrected chi connectivity index (χ2v) is 3.07. The molecule has 0 atom stereocenters. The van der Waals surface area contributed by atoms with Crippen LogP contribution in [0.3, 0.4) is 0 Å². The van der Waals surface area contributed by atoms with Crippen molar-refractivity contribution in [3.05, 3.63) is 22.8 Å². The quantitative estimate of drug-likeness (QED) is 0.762. The third kappa shape index (κ3) is 3.49. The Hall–Kier alpha value is -1.73. The van der Waals surface area contributed by atoms with Crippen molar-refractivity contribution >= 4 is 17.5 Å². The summed E-state index contributed by atoms with van der Waals surface area (Å²) in [6.07, 6.45) is 1.53. The first kappa shape index (κ1) is 11.3. The van der Waals surface area contributed by atoms with Crippen molar-refractivity contribution in [1.29, 1.82) is 0 Å². The first-order chi connectivity index (χ1) is 7.13. The van der Waals surface area contributed by atoms with Crippen LogP contribution >= 0.6 is 11.6 Å². The number of rotatable bonds is 2. The summed E-state index contributed by atoms with van der Waals surface area (Å²) < 4.78 is 4.88. The molecule has 5 heteroatoms. The Morgan fingerprint density at radius 1 is 1.73 bits per heavy atom. The highest BCUT2D eigenvalue weighted by Gasteiger charge is 2.01. The molecule has 0 radical (unpaired) electrons. The number of carbonyl (C=O) groups excluding carboxylic acids is 1. The zero-order valence-electron chi connectivity index (χ0n) is 8.08. The highest BCUT2D eigenvalue weighted by Crippen LogP contribution is 2.21. The summed E-state index contributed by atoms with van der Waals surface area (Å²) in [5.41, 5.74) is 5.54. The molecule has 0 fully saturated rings. The van der Waals surface area contributed by atoms with Crippen molar-refractivity contribution in [1.82, 2.24) is 4.98 Å². The van der Waals surface area contributed by atoms with Gasteiger partial charge in [-0.3, -0.25) is 4.79 Å². The molecule has 0 aromatic carbocycles. The topological polar surface area (TPSA) is 65.2 Å². The van der Waals surface area contributed by atoms with E-state index < -0.39 is 5.91 Å². The van der Waals surface area contributed by atoms with E-state index in [1.807, 2.05) is 0 Å². The second kappa shape index (κ2) is 5.23. The number of aromatic nitrogens is 1. The molecule has 0 aliphatic rings. The van der Waals surface area contributed by atoms with Gasteiger partial charge in [0.05, 0.1) is 13.5 Å². The minimum absolute atomic E-state index is 0.0175. The van der Waals surface area contributed by atoms with Crippen LogP contribution in [0.1, 0.15) is 12.0 Å². The smallest absolute Gasteiger partial charge is 0.232 e. The van der Waals surface area contributed by atoms with Gasteiger partial charge in [0.15, 0.2) is 0 Å². The molecule has 4 nitrogen and oxygen atoms in total. The molecule has 1 aromatic heterocycles. The van der Waals surface area contributed by atoms with E-state index in [2.05, 4.69) is 16.8 Å². The molecular formula is C10H9ClN2O2. The van der Waals surface area contributed by atoms with Crippen LogP contribution in [0.2, 0.25) is 5.02 Å². The Labute approximate surface area is 92.4 Å². The molecule has 2 N–H and O–H groups in total. The van der Waals surface area contributed by atoms with E-state index in [-0.39, 0.29) is 6.42 Å². The lowest BCUT2D eigenvalue weighted by molar-refractivity contribution is -0.117. The van der Waals surface area contributed by atoms with Gasteiger partial charge in [-0.1, -0.05) is 23.4 Å². The fourth-order valence-corrected chi connectivity index (χ4v) is 1.12. The lowest BCUT2D eigenvalue weighted by atomic mass is 10.2. The second-order valence-electron chi connectivity index (χ2n) is 2.66. The van der Waals surface area contributed by atoms with E-state index in [0.717, 1.165) is 0 Å². The maximum Gasteiger partial charge on any atom is 0.232 e. The van der Waals surface area contributed by atoms with Gasteiger partial charge in [-0.2, -0.15) is 0 Å². The first-order valence-electron chi connectivity index (χ1n) is 4.10. The van der Waals surface area contributed by atoms with Crippen molar-refractivity contribution in [2.45, 2.75) is 6.42 Å². The average Bonchev–Trinajstić information content (AvgIpc) is 2.17. The van der Waals surface area contributed by atoms with E-state index in [9.17, 15) is 4.79 Å². The van der Waals surface area contributed by atoms with Gasteiger partial charge < -0.3 is 10.5 Å². The van der Waals surface area contributed by atoms with Crippen molar-refractivity contribution in [2.75, 3.05) is 7.11 Å². The predicted molar refractivity (Wildman–Crippen MR) is 56.5 cm³/mol. The number of nitrogens with zero attached hydrogens (tertiary/aromatic N) is 1. The molecule has 1 rings (SSSR count). The Kier molecular flexibility index (Phi) is 3.95. The molecule has 0 unspecified atom stereocenters. The highest BCUT2D eigenvalue weighted by atomic mass is 35.5. The van der Waals surface area contributed by atoms with Gasteiger partial charge in [-0.25, -0.2) is 4.98 Å². The van der Waals surface area contributed by atoms with Gasteiger partial charge in [0.2, 0.25) is 11.8 Å². The molecule has 0 spiro atoms. The third-order valence-electron chi connectivity index (χ3n) is 1.50. The lowest BCUT2D eigenvalue weighted by Crippen LogP contribution is -2.08. The molecule has 0 saturated heterocycles. The molecular weight excluding hydrogens is 216 g/mol. The Balaban J connectivity index is 2.82. The molecule has 1 heterocycles. The number of methoxy groups -OCH3 is 1. The number of ether oxygens (including phenoxy) is 1. The van der Waals surface area contributed by atoms with Gasteiger partial charge in [-0.15, -0.1) is 0 Å². The number of nitrogens with two attached hydrogens (primary N) is 1. The number of amides is 1. The van der Waals surface area contributed by atoms with Crippen molar-refractivity contribution in [3.63, 3.8) is 0 Å². The number of hydrogen-bond donors (Lipinski definition) is 1. The number of halogens is 1. The predicted octanol–water partition coefficient (Wildman–Crippen LogP) is 0.970. The van der Waals surface area contributed by atoms with Gasteiger partial charge in [-0.05, 0) is 6.07 Å². The number of hydrogen-bond acceptors (Lipinski definition) is 3. The van der Waals surface area contributed by atoms with Crippen LogP contribution in [0.15, 0.2) is 12.3 Å². The summed E-state index contributed by atoms with van der Waals surface area (Å²) in [5.74, 6) is 5.20. The van der Waals surface area contributed by atoms with E-state index in [1.165, 1.54) is 13.3 Å². The van der Waals surface area contributed by atoms with Gasteiger partial charge in [0.1, 0.15) is 5.02 Å². The van der Waals surface area contributed by atoms with Crippen LogP contribution in [0, 0.1) is 11.8 Å². The third-order valence-corrected chi connectivity index (χ3v) is 1.77. The molecule has 1 aromatic rings. The molecule has 0 aliphatic heterocycles. The Morgan fingerprint density at radius 3 is 3.00 bits per heavy atom. The van der Waals surface area contributed by atoms with Crippen LogP contribution in [-0.2, 0) is 4.79 Å². The fourth-order valence-electron chi connectivity index (χ4n) is 0.877. The summed E-state index contributed by atoms with van der Waals surface area (Å²) in [5, 5.41) is 0.378. The van der Waals surface area contributed by atoms with Crippen molar-refractivity contribution in [2.24, 2.45) is 5.73 Å². The number of carbonyl (C=O) groups is 1. The van der Waals surface area contributed by atoms with Crippen LogP contribution < -0.4 is 10.5 Å². The number of primary amides is 1. The van der Waals surface area contributed by atoms with Gasteiger partial charge >= 0.3 is 0 Å². The first-order valence-corrected chi connectivity index (χ1v) is 4.48. The van der Waals surface area contributed by atoms with E-state index >= 15 is 0 Å². The molecule has 0 aliphatic carbocycles. The zero-order chi connectivity index (χ0) is 11.3. The fraction of sp³-hybridized carbons (Fsp3) is 0.200. The van der Waals surface area contributed by atoms with E-state index in [1.54, 1.807) is 6.07 Å². The largest absolute Gasteiger partial charge is 0.480 e. The van der Waals surface area contributed by atoms with Crippen molar-refractivity contribution < 1.29 is 9.53 Å². The average molecular weight is 225 g/mol. The highest BCUT2D eigenvalue weighted by molar-refractivity contribution is 6.31. The summed E-state index contributed by atoms with van der Waals surface area (Å²) in [4.78, 5) is 14.3. The summed E-state index contributed by atoms with van der Waals surface area (Å²) >= 11 is 5.82. The summed E-state index contributed by atoms with van der Waals surface area (Å²) in [7, 11) is 1.48. The molecule has 15 heavy (non-hydrogen) atoms. The summed E-state index contributed by atoms with van der Waals surface area (Å²) in [6.45, 7) is 0. The lowest BCUT2D eigenvalue weighted by Gasteiger charge is -2.00. The van der Waals surface area contributed by atoms with Crippen LogP contribution in [0.5, 0.6) is 5.88 Å². The Morgan fingerprint density at radius 2 is 2.47 bits per heavy atom. The minimum Gasteiger partial charge on any atom is -0.480 e. The van der Waals surface area contributed by atoms with Gasteiger partial charge in [0, 0.05) is 11.8 Å². The molecule has 0 bridgehead atoms. The maximum atomic E-state index is 10.4. The monoisotopic (exact) mass is 224 g/mol. The van der Waals surface area contributed by atoms with Crippen LogP contribution in [0.4, 0.5) is 0 Å². The molecule has 78 valence electrons. The van der Waals surface area contributed by atoms with Crippen LogP contribution in [0.25, 0.3) is 0 Å². The minimum atomic E-state index is -0.463. The van der Waals surface area contributed by atoms with E-state index in [0.29, 0.717) is 16.5 Å². The normalized spacial score (nSPS) is 8.93. The molecule has 0 saturated carbocycles. The Bertz CT molecular complexity index is 435.